The highest BCUT2D eigenvalue weighted by molar-refractivity contribution is 7.14. The number of aryl methyl sites for hydroxylation is 1. The summed E-state index contributed by atoms with van der Waals surface area (Å²) < 4.78 is 0. The van der Waals surface area contributed by atoms with Crippen LogP contribution in [0.4, 0.5) is 5.13 Å². The molecule has 0 bridgehead atoms. The molecular formula is C20H18N2OS. The van der Waals surface area contributed by atoms with Gasteiger partial charge in [0.2, 0.25) is 0 Å². The van der Waals surface area contributed by atoms with Crippen LogP contribution in [0, 0.1) is 6.92 Å². The van der Waals surface area contributed by atoms with Gasteiger partial charge < -0.3 is 0 Å². The van der Waals surface area contributed by atoms with Gasteiger partial charge in [-0.05, 0) is 19.1 Å². The number of aromatic nitrogens is 1. The largest absolute Gasteiger partial charge is 0.280 e. The SMILES string of the molecule is C=CCN(C(=O)c1ccc(C)cc1)c1nc(-c2ccccc2)cs1. The molecule has 3 aromatic rings. The molecule has 1 heterocycles. The van der Waals surface area contributed by atoms with Crippen molar-refractivity contribution in [1.82, 2.24) is 4.98 Å². The molecule has 24 heavy (non-hydrogen) atoms. The Bertz CT molecular complexity index is 838. The Morgan fingerprint density at radius 3 is 2.54 bits per heavy atom. The van der Waals surface area contributed by atoms with E-state index in [1.807, 2.05) is 66.9 Å². The fourth-order valence-corrected chi connectivity index (χ4v) is 3.20. The van der Waals surface area contributed by atoms with E-state index in [0.717, 1.165) is 16.8 Å². The first-order chi connectivity index (χ1) is 11.7. The van der Waals surface area contributed by atoms with Gasteiger partial charge in [-0.15, -0.1) is 17.9 Å². The van der Waals surface area contributed by atoms with Crippen molar-refractivity contribution in [1.29, 1.82) is 0 Å². The Kier molecular flexibility index (Phi) is 4.87. The van der Waals surface area contributed by atoms with E-state index in [-0.39, 0.29) is 5.91 Å². The molecule has 3 nitrogen and oxygen atoms in total. The summed E-state index contributed by atoms with van der Waals surface area (Å²) in [7, 11) is 0. The van der Waals surface area contributed by atoms with Crippen LogP contribution in [0.25, 0.3) is 11.3 Å². The first-order valence-electron chi connectivity index (χ1n) is 7.69. The monoisotopic (exact) mass is 334 g/mol. The zero-order valence-electron chi connectivity index (χ0n) is 13.5. The third-order valence-corrected chi connectivity index (χ3v) is 4.51. The van der Waals surface area contributed by atoms with Crippen LogP contribution < -0.4 is 4.90 Å². The Hall–Kier alpha value is -2.72. The fourth-order valence-electron chi connectivity index (χ4n) is 2.36. The van der Waals surface area contributed by atoms with Gasteiger partial charge in [0.05, 0.1) is 5.69 Å². The zero-order chi connectivity index (χ0) is 16.9. The molecule has 0 saturated heterocycles. The van der Waals surface area contributed by atoms with Crippen LogP contribution in [-0.2, 0) is 0 Å². The van der Waals surface area contributed by atoms with E-state index in [9.17, 15) is 4.79 Å². The van der Waals surface area contributed by atoms with Crippen LogP contribution in [0.3, 0.4) is 0 Å². The molecule has 0 N–H and O–H groups in total. The number of hydrogen-bond donors (Lipinski definition) is 0. The topological polar surface area (TPSA) is 33.2 Å². The first kappa shape index (κ1) is 16.1. The standard InChI is InChI=1S/C20H18N2OS/c1-3-13-22(19(23)17-11-9-15(2)10-12-17)20-21-18(14-24-20)16-7-5-4-6-8-16/h3-12,14H,1,13H2,2H3. The van der Waals surface area contributed by atoms with Gasteiger partial charge in [0.15, 0.2) is 5.13 Å². The summed E-state index contributed by atoms with van der Waals surface area (Å²) in [6.45, 7) is 6.19. The summed E-state index contributed by atoms with van der Waals surface area (Å²) in [4.78, 5) is 19.1. The van der Waals surface area contributed by atoms with Gasteiger partial charge >= 0.3 is 0 Å². The number of hydrogen-bond acceptors (Lipinski definition) is 3. The molecule has 0 aliphatic heterocycles. The first-order valence-corrected chi connectivity index (χ1v) is 8.57. The van der Waals surface area contributed by atoms with Crippen molar-refractivity contribution >= 4 is 22.4 Å². The Labute approximate surface area is 145 Å². The van der Waals surface area contributed by atoms with E-state index < -0.39 is 0 Å². The molecule has 0 radical (unpaired) electrons. The van der Waals surface area contributed by atoms with Gasteiger partial charge in [-0.2, -0.15) is 0 Å². The molecule has 1 aromatic heterocycles. The fraction of sp³-hybridized carbons (Fsp3) is 0.100. The molecule has 0 unspecified atom stereocenters. The second kappa shape index (κ2) is 7.23. The lowest BCUT2D eigenvalue weighted by molar-refractivity contribution is 0.0989. The average molecular weight is 334 g/mol. The van der Waals surface area contributed by atoms with Crippen LogP contribution in [0.2, 0.25) is 0 Å². The van der Waals surface area contributed by atoms with Gasteiger partial charge in [-0.25, -0.2) is 4.98 Å². The number of amides is 1. The summed E-state index contributed by atoms with van der Waals surface area (Å²) in [6, 6.07) is 17.5. The van der Waals surface area contributed by atoms with Gasteiger partial charge in [-0.1, -0.05) is 54.1 Å². The number of rotatable bonds is 5. The summed E-state index contributed by atoms with van der Waals surface area (Å²) >= 11 is 1.46. The maximum Gasteiger partial charge on any atom is 0.260 e. The number of nitrogens with zero attached hydrogens (tertiary/aromatic N) is 2. The maximum absolute atomic E-state index is 12.8. The molecule has 0 aliphatic rings. The second-order valence-electron chi connectivity index (χ2n) is 5.45. The Balaban J connectivity index is 1.91. The smallest absolute Gasteiger partial charge is 0.260 e. The van der Waals surface area contributed by atoms with E-state index in [4.69, 9.17) is 0 Å². The van der Waals surface area contributed by atoms with E-state index in [1.165, 1.54) is 11.3 Å². The molecule has 2 aromatic carbocycles. The number of carbonyl (C=O) groups is 1. The van der Waals surface area contributed by atoms with E-state index in [1.54, 1.807) is 11.0 Å². The number of benzene rings is 2. The van der Waals surface area contributed by atoms with Crippen LogP contribution in [0.1, 0.15) is 15.9 Å². The number of carbonyl (C=O) groups excluding carboxylic acids is 1. The summed E-state index contributed by atoms with van der Waals surface area (Å²) in [6.07, 6.45) is 1.72. The third-order valence-electron chi connectivity index (χ3n) is 3.65. The summed E-state index contributed by atoms with van der Waals surface area (Å²) in [5, 5.41) is 2.66. The predicted octanol–water partition coefficient (Wildman–Crippen LogP) is 4.95. The molecule has 0 saturated carbocycles. The Morgan fingerprint density at radius 1 is 1.17 bits per heavy atom. The molecule has 3 rings (SSSR count). The highest BCUT2D eigenvalue weighted by Crippen LogP contribution is 2.28. The average Bonchev–Trinajstić information content (AvgIpc) is 3.10. The van der Waals surface area contributed by atoms with Crippen molar-refractivity contribution in [2.75, 3.05) is 11.4 Å². The van der Waals surface area contributed by atoms with E-state index in [2.05, 4.69) is 11.6 Å². The van der Waals surface area contributed by atoms with Gasteiger partial charge in [0.25, 0.3) is 5.91 Å². The maximum atomic E-state index is 12.8. The predicted molar refractivity (Wildman–Crippen MR) is 101 cm³/mol. The minimum atomic E-state index is -0.0659. The van der Waals surface area contributed by atoms with Crippen LogP contribution in [-0.4, -0.2) is 17.4 Å². The lowest BCUT2D eigenvalue weighted by atomic mass is 10.1. The lowest BCUT2D eigenvalue weighted by Crippen LogP contribution is -2.30. The van der Waals surface area contributed by atoms with E-state index >= 15 is 0 Å². The quantitative estimate of drug-likeness (QED) is 0.618. The highest BCUT2D eigenvalue weighted by atomic mass is 32.1. The van der Waals surface area contributed by atoms with Crippen molar-refractivity contribution in [2.45, 2.75) is 6.92 Å². The molecule has 0 fully saturated rings. The molecule has 0 atom stereocenters. The minimum absolute atomic E-state index is 0.0659. The number of thiazole rings is 1. The molecule has 0 aliphatic carbocycles. The van der Waals surface area contributed by atoms with Crippen LogP contribution in [0.5, 0.6) is 0 Å². The van der Waals surface area contributed by atoms with Crippen LogP contribution >= 0.6 is 11.3 Å². The third kappa shape index (κ3) is 3.44. The van der Waals surface area contributed by atoms with Crippen molar-refractivity contribution < 1.29 is 4.79 Å². The molecule has 0 spiro atoms. The van der Waals surface area contributed by atoms with Crippen molar-refractivity contribution in [3.63, 3.8) is 0 Å². The summed E-state index contributed by atoms with van der Waals surface area (Å²) in [5.74, 6) is -0.0659. The van der Waals surface area contributed by atoms with Gasteiger partial charge in [0.1, 0.15) is 0 Å². The van der Waals surface area contributed by atoms with Gasteiger partial charge in [-0.3, -0.25) is 9.69 Å². The highest BCUT2D eigenvalue weighted by Gasteiger charge is 2.19. The number of anilines is 1. The zero-order valence-corrected chi connectivity index (χ0v) is 14.3. The normalized spacial score (nSPS) is 10.4. The molecule has 120 valence electrons. The molecule has 4 heteroatoms. The summed E-state index contributed by atoms with van der Waals surface area (Å²) in [5.41, 5.74) is 3.70. The van der Waals surface area contributed by atoms with Crippen molar-refractivity contribution in [3.8, 4) is 11.3 Å². The second-order valence-corrected chi connectivity index (χ2v) is 6.29. The van der Waals surface area contributed by atoms with E-state index in [0.29, 0.717) is 17.2 Å². The van der Waals surface area contributed by atoms with Gasteiger partial charge in [0, 0.05) is 23.1 Å². The Morgan fingerprint density at radius 2 is 1.88 bits per heavy atom. The van der Waals surface area contributed by atoms with Crippen molar-refractivity contribution in [3.05, 3.63) is 83.8 Å². The lowest BCUT2D eigenvalue weighted by Gasteiger charge is -2.18. The van der Waals surface area contributed by atoms with Crippen LogP contribution in [0.15, 0.2) is 72.6 Å². The molecular weight excluding hydrogens is 316 g/mol. The minimum Gasteiger partial charge on any atom is -0.280 e. The van der Waals surface area contributed by atoms with Crippen molar-refractivity contribution in [2.24, 2.45) is 0 Å². The molecule has 1 amide bonds.